The van der Waals surface area contributed by atoms with Crippen LogP contribution >= 0.6 is 0 Å². The second kappa shape index (κ2) is 5.87. The zero-order chi connectivity index (χ0) is 13.7. The van der Waals surface area contributed by atoms with Gasteiger partial charge in [0.2, 0.25) is 0 Å². The van der Waals surface area contributed by atoms with Crippen LogP contribution in [0, 0.1) is 6.92 Å². The molecule has 0 unspecified atom stereocenters. The molecule has 0 radical (unpaired) electrons. The zero-order valence-electron chi connectivity index (χ0n) is 10.8. The van der Waals surface area contributed by atoms with E-state index in [2.05, 4.69) is 17.2 Å². The fraction of sp³-hybridized carbons (Fsp3) is 0.0625. The van der Waals surface area contributed by atoms with Gasteiger partial charge in [-0.25, -0.2) is 4.79 Å². The summed E-state index contributed by atoms with van der Waals surface area (Å²) in [6.07, 6.45) is 1.76. The second-order valence-electron chi connectivity index (χ2n) is 4.27. The summed E-state index contributed by atoms with van der Waals surface area (Å²) in [6, 6.07) is 14.9. The molecule has 2 rings (SSSR count). The Balaban J connectivity index is 1.96. The van der Waals surface area contributed by atoms with Crippen LogP contribution in [0.4, 0.5) is 16.2 Å². The fourth-order valence-corrected chi connectivity index (χ4v) is 1.63. The largest absolute Gasteiger partial charge is 0.323 e. The van der Waals surface area contributed by atoms with Crippen LogP contribution in [0.2, 0.25) is 0 Å². The van der Waals surface area contributed by atoms with Crippen LogP contribution in [-0.4, -0.2) is 6.03 Å². The molecule has 0 aliphatic carbocycles. The Morgan fingerprint density at radius 2 is 1.42 bits per heavy atom. The average Bonchev–Trinajstić information content (AvgIpc) is 2.42. The summed E-state index contributed by atoms with van der Waals surface area (Å²) in [7, 11) is 0. The summed E-state index contributed by atoms with van der Waals surface area (Å²) in [5, 5.41) is 5.55. The number of nitrogens with one attached hydrogen (secondary N) is 2. The van der Waals surface area contributed by atoms with Crippen molar-refractivity contribution in [3.8, 4) is 0 Å². The van der Waals surface area contributed by atoms with E-state index in [4.69, 9.17) is 0 Å². The first-order chi connectivity index (χ1) is 9.17. The minimum atomic E-state index is -0.254. The molecule has 3 nitrogen and oxygen atoms in total. The molecule has 0 spiro atoms. The van der Waals surface area contributed by atoms with Gasteiger partial charge in [-0.15, -0.1) is 0 Å². The molecule has 0 saturated heterocycles. The lowest BCUT2D eigenvalue weighted by Gasteiger charge is -2.08. The number of urea groups is 1. The highest BCUT2D eigenvalue weighted by atomic mass is 16.2. The number of rotatable bonds is 3. The van der Waals surface area contributed by atoms with Crippen molar-refractivity contribution < 1.29 is 4.79 Å². The molecule has 0 heterocycles. The van der Waals surface area contributed by atoms with Crippen LogP contribution in [0.3, 0.4) is 0 Å². The van der Waals surface area contributed by atoms with E-state index in [1.807, 2.05) is 55.5 Å². The van der Waals surface area contributed by atoms with Crippen LogP contribution in [0.1, 0.15) is 11.1 Å². The number of aryl methyl sites for hydroxylation is 1. The van der Waals surface area contributed by atoms with Crippen molar-refractivity contribution in [2.45, 2.75) is 6.92 Å². The molecule has 3 heteroatoms. The number of hydrogen-bond donors (Lipinski definition) is 2. The van der Waals surface area contributed by atoms with Gasteiger partial charge in [-0.3, -0.25) is 0 Å². The predicted octanol–water partition coefficient (Wildman–Crippen LogP) is 4.28. The molecule has 96 valence electrons. The Kier molecular flexibility index (Phi) is 3.98. The van der Waals surface area contributed by atoms with Gasteiger partial charge in [0.05, 0.1) is 0 Å². The third-order valence-corrected chi connectivity index (χ3v) is 2.71. The molecular formula is C16H16N2O. The molecule has 2 N–H and O–H groups in total. The van der Waals surface area contributed by atoms with E-state index in [-0.39, 0.29) is 6.03 Å². The first kappa shape index (κ1) is 12.9. The Bertz CT molecular complexity index is 571. The summed E-state index contributed by atoms with van der Waals surface area (Å²) < 4.78 is 0. The monoisotopic (exact) mass is 252 g/mol. The van der Waals surface area contributed by atoms with E-state index in [1.54, 1.807) is 6.08 Å². The standard InChI is InChI=1S/C16H16N2O/c1-3-13-6-10-15(11-7-13)18-16(19)17-14-8-4-12(2)5-9-14/h3-11H,1H2,2H3,(H2,17,18,19). The fourth-order valence-electron chi connectivity index (χ4n) is 1.63. The topological polar surface area (TPSA) is 41.1 Å². The molecule has 0 aliphatic heterocycles. The molecule has 0 fully saturated rings. The molecule has 19 heavy (non-hydrogen) atoms. The smallest absolute Gasteiger partial charge is 0.308 e. The van der Waals surface area contributed by atoms with E-state index < -0.39 is 0 Å². The summed E-state index contributed by atoms with van der Waals surface area (Å²) in [6.45, 7) is 5.69. The number of carbonyl (C=O) groups excluding carboxylic acids is 1. The van der Waals surface area contributed by atoms with Crippen molar-refractivity contribution in [1.82, 2.24) is 0 Å². The quantitative estimate of drug-likeness (QED) is 0.841. The van der Waals surface area contributed by atoms with Crippen LogP contribution in [-0.2, 0) is 0 Å². The van der Waals surface area contributed by atoms with Crippen molar-refractivity contribution in [2.75, 3.05) is 10.6 Å². The molecule has 0 bridgehead atoms. The van der Waals surface area contributed by atoms with Gasteiger partial charge in [-0.05, 0) is 36.8 Å². The highest BCUT2D eigenvalue weighted by molar-refractivity contribution is 5.99. The van der Waals surface area contributed by atoms with Crippen molar-refractivity contribution >= 4 is 23.5 Å². The molecule has 0 saturated carbocycles. The Morgan fingerprint density at radius 3 is 1.89 bits per heavy atom. The van der Waals surface area contributed by atoms with Gasteiger partial charge in [0.15, 0.2) is 0 Å². The Morgan fingerprint density at radius 1 is 0.947 bits per heavy atom. The molecule has 2 aromatic rings. The lowest BCUT2D eigenvalue weighted by atomic mass is 10.2. The third-order valence-electron chi connectivity index (χ3n) is 2.71. The molecule has 0 aliphatic rings. The molecule has 0 aromatic heterocycles. The van der Waals surface area contributed by atoms with Crippen molar-refractivity contribution in [2.24, 2.45) is 0 Å². The highest BCUT2D eigenvalue weighted by Crippen LogP contribution is 2.12. The minimum Gasteiger partial charge on any atom is -0.308 e. The lowest BCUT2D eigenvalue weighted by Crippen LogP contribution is -2.19. The van der Waals surface area contributed by atoms with Gasteiger partial charge in [0.25, 0.3) is 0 Å². The maximum absolute atomic E-state index is 11.8. The van der Waals surface area contributed by atoms with E-state index in [0.29, 0.717) is 0 Å². The van der Waals surface area contributed by atoms with Gasteiger partial charge in [-0.1, -0.05) is 42.5 Å². The first-order valence-corrected chi connectivity index (χ1v) is 6.04. The second-order valence-corrected chi connectivity index (χ2v) is 4.27. The van der Waals surface area contributed by atoms with Gasteiger partial charge < -0.3 is 10.6 Å². The number of carbonyl (C=O) groups is 1. The Labute approximate surface area is 113 Å². The van der Waals surface area contributed by atoms with E-state index in [1.165, 1.54) is 0 Å². The number of hydrogen-bond acceptors (Lipinski definition) is 1. The van der Waals surface area contributed by atoms with E-state index >= 15 is 0 Å². The summed E-state index contributed by atoms with van der Waals surface area (Å²) in [4.78, 5) is 11.8. The van der Waals surface area contributed by atoms with Gasteiger partial charge in [-0.2, -0.15) is 0 Å². The summed E-state index contributed by atoms with van der Waals surface area (Å²) >= 11 is 0. The third kappa shape index (κ3) is 3.71. The van der Waals surface area contributed by atoms with E-state index in [0.717, 1.165) is 22.5 Å². The van der Waals surface area contributed by atoms with Crippen molar-refractivity contribution in [3.63, 3.8) is 0 Å². The van der Waals surface area contributed by atoms with Crippen molar-refractivity contribution in [1.29, 1.82) is 0 Å². The SMILES string of the molecule is C=Cc1ccc(NC(=O)Nc2ccc(C)cc2)cc1. The highest BCUT2D eigenvalue weighted by Gasteiger charge is 2.02. The van der Waals surface area contributed by atoms with Gasteiger partial charge >= 0.3 is 6.03 Å². The molecule has 2 aromatic carbocycles. The zero-order valence-corrected chi connectivity index (χ0v) is 10.8. The maximum atomic E-state index is 11.8. The number of benzene rings is 2. The minimum absolute atomic E-state index is 0.254. The van der Waals surface area contributed by atoms with Crippen LogP contribution in [0.5, 0.6) is 0 Å². The average molecular weight is 252 g/mol. The van der Waals surface area contributed by atoms with Gasteiger partial charge in [0, 0.05) is 11.4 Å². The van der Waals surface area contributed by atoms with E-state index in [9.17, 15) is 4.79 Å². The lowest BCUT2D eigenvalue weighted by molar-refractivity contribution is 0.262. The molecular weight excluding hydrogens is 236 g/mol. The van der Waals surface area contributed by atoms with Crippen LogP contribution < -0.4 is 10.6 Å². The molecule has 0 atom stereocenters. The normalized spacial score (nSPS) is 9.74. The number of anilines is 2. The molecule has 2 amide bonds. The maximum Gasteiger partial charge on any atom is 0.323 e. The predicted molar refractivity (Wildman–Crippen MR) is 80.4 cm³/mol. The summed E-state index contributed by atoms with van der Waals surface area (Å²) in [5.74, 6) is 0. The van der Waals surface area contributed by atoms with Gasteiger partial charge in [0.1, 0.15) is 0 Å². The summed E-state index contributed by atoms with van der Waals surface area (Å²) in [5.41, 5.74) is 3.69. The van der Waals surface area contributed by atoms with Crippen molar-refractivity contribution in [3.05, 3.63) is 66.2 Å². The van der Waals surface area contributed by atoms with Crippen LogP contribution in [0.15, 0.2) is 55.1 Å². The van der Waals surface area contributed by atoms with Crippen LogP contribution in [0.25, 0.3) is 6.08 Å². The first-order valence-electron chi connectivity index (χ1n) is 6.04. The number of amides is 2. The Hall–Kier alpha value is -2.55.